The Morgan fingerprint density at radius 2 is 0.814 bits per heavy atom. The zero-order valence-electron chi connectivity index (χ0n) is 33.2. The molecular weight excluding hydrogens is 717 g/mol. The van der Waals surface area contributed by atoms with E-state index < -0.39 is 0 Å². The molecule has 0 spiro atoms. The second-order valence-electron chi connectivity index (χ2n) is 15.7. The molecule has 59 heavy (non-hydrogen) atoms. The predicted molar refractivity (Wildman–Crippen MR) is 247 cm³/mol. The number of aromatic nitrogens is 4. The largest absolute Gasteiger partial charge is 0.309 e. The summed E-state index contributed by atoms with van der Waals surface area (Å²) in [4.78, 5) is 10.0. The SMILES string of the molecule is Cc1ccc2c(c1)c1cc(C)ccc1n2-c1ccc2c(c1)c1ccccc1n2-c1ccc(-c2ccc(-c3cc(-c4ccccc4)nc(-c4ccccc4)n3)cc2)c(C)c1. The summed E-state index contributed by atoms with van der Waals surface area (Å²) in [7, 11) is 0. The molecule has 8 aromatic carbocycles. The highest BCUT2D eigenvalue weighted by Gasteiger charge is 2.18. The highest BCUT2D eigenvalue weighted by molar-refractivity contribution is 6.12. The zero-order chi connectivity index (χ0) is 39.6. The molecule has 3 heterocycles. The van der Waals surface area contributed by atoms with Crippen molar-refractivity contribution < 1.29 is 0 Å². The van der Waals surface area contributed by atoms with Crippen LogP contribution in [0.2, 0.25) is 0 Å². The molecule has 0 saturated carbocycles. The minimum atomic E-state index is 0.718. The van der Waals surface area contributed by atoms with E-state index in [2.05, 4.69) is 182 Å². The van der Waals surface area contributed by atoms with Crippen LogP contribution in [0, 0.1) is 20.8 Å². The van der Waals surface area contributed by atoms with Crippen molar-refractivity contribution >= 4 is 43.6 Å². The standard InChI is InChI=1S/C55H40N4/c1-35-18-27-52-46(30-35)47-31-36(2)19-28-53(47)59(52)43-25-29-54-48(33-43)45-16-10-11-17-51(45)58(54)42-24-26-44(37(3)32-42)38-20-22-40(23-21-38)50-34-49(39-12-6-4-7-13-39)56-55(57-50)41-14-8-5-9-15-41/h4-34H,1-3H3. The molecule has 0 N–H and O–H groups in total. The summed E-state index contributed by atoms with van der Waals surface area (Å²) in [6, 6.07) is 67.6. The van der Waals surface area contributed by atoms with Crippen LogP contribution in [0.4, 0.5) is 0 Å². The van der Waals surface area contributed by atoms with Gasteiger partial charge in [-0.2, -0.15) is 0 Å². The second-order valence-corrected chi connectivity index (χ2v) is 15.7. The van der Waals surface area contributed by atoms with E-state index in [1.807, 2.05) is 36.4 Å². The molecule has 0 aliphatic carbocycles. The Balaban J connectivity index is 0.973. The predicted octanol–water partition coefficient (Wildman–Crippen LogP) is 14.3. The number of benzene rings is 8. The van der Waals surface area contributed by atoms with E-state index in [9.17, 15) is 0 Å². The van der Waals surface area contributed by atoms with Crippen LogP contribution in [0.5, 0.6) is 0 Å². The van der Waals surface area contributed by atoms with Crippen LogP contribution in [0.1, 0.15) is 16.7 Å². The molecule has 4 nitrogen and oxygen atoms in total. The fourth-order valence-corrected chi connectivity index (χ4v) is 8.91. The molecule has 0 aliphatic rings. The average Bonchev–Trinajstić information content (AvgIpc) is 3.78. The molecule has 0 radical (unpaired) electrons. The molecule has 0 aliphatic heterocycles. The summed E-state index contributed by atoms with van der Waals surface area (Å²) < 4.78 is 4.84. The van der Waals surface area contributed by atoms with Crippen molar-refractivity contribution in [2.45, 2.75) is 20.8 Å². The maximum atomic E-state index is 5.05. The topological polar surface area (TPSA) is 35.6 Å². The van der Waals surface area contributed by atoms with Gasteiger partial charge in [-0.15, -0.1) is 0 Å². The van der Waals surface area contributed by atoms with Crippen LogP contribution in [0.3, 0.4) is 0 Å². The first kappa shape index (κ1) is 34.7. The van der Waals surface area contributed by atoms with Gasteiger partial charge in [0.2, 0.25) is 0 Å². The van der Waals surface area contributed by atoms with Gasteiger partial charge >= 0.3 is 0 Å². The van der Waals surface area contributed by atoms with Gasteiger partial charge in [-0.25, -0.2) is 9.97 Å². The summed E-state index contributed by atoms with van der Waals surface area (Å²) in [5.41, 5.74) is 18.2. The van der Waals surface area contributed by atoms with Crippen LogP contribution < -0.4 is 0 Å². The van der Waals surface area contributed by atoms with Crippen molar-refractivity contribution in [1.29, 1.82) is 0 Å². The normalized spacial score (nSPS) is 11.6. The molecule has 0 amide bonds. The average molecular weight is 757 g/mol. The molecule has 0 atom stereocenters. The third-order valence-corrected chi connectivity index (χ3v) is 11.8. The van der Waals surface area contributed by atoms with Crippen molar-refractivity contribution in [3.63, 3.8) is 0 Å². The van der Waals surface area contributed by atoms with Crippen LogP contribution in [-0.2, 0) is 0 Å². The molecular formula is C55H40N4. The van der Waals surface area contributed by atoms with E-state index in [-0.39, 0.29) is 0 Å². The minimum Gasteiger partial charge on any atom is -0.309 e. The van der Waals surface area contributed by atoms with Crippen LogP contribution in [-0.4, -0.2) is 19.1 Å². The summed E-state index contributed by atoms with van der Waals surface area (Å²) in [5, 5.41) is 5.06. The van der Waals surface area contributed by atoms with E-state index >= 15 is 0 Å². The van der Waals surface area contributed by atoms with Gasteiger partial charge in [0.15, 0.2) is 5.82 Å². The Bertz CT molecular complexity index is 3270. The quantitative estimate of drug-likeness (QED) is 0.169. The number of nitrogens with zero attached hydrogens (tertiary/aromatic N) is 4. The van der Waals surface area contributed by atoms with Gasteiger partial charge in [0, 0.05) is 49.6 Å². The van der Waals surface area contributed by atoms with E-state index in [0.29, 0.717) is 0 Å². The van der Waals surface area contributed by atoms with Gasteiger partial charge in [0.05, 0.1) is 33.5 Å². The van der Waals surface area contributed by atoms with Crippen LogP contribution in [0.25, 0.3) is 100 Å². The highest BCUT2D eigenvalue weighted by atomic mass is 15.0. The Morgan fingerprint density at radius 1 is 0.339 bits per heavy atom. The van der Waals surface area contributed by atoms with Crippen molar-refractivity contribution in [1.82, 2.24) is 19.1 Å². The lowest BCUT2D eigenvalue weighted by molar-refractivity contribution is 1.16. The van der Waals surface area contributed by atoms with Crippen molar-refractivity contribution in [2.24, 2.45) is 0 Å². The van der Waals surface area contributed by atoms with E-state index in [1.54, 1.807) is 0 Å². The highest BCUT2D eigenvalue weighted by Crippen LogP contribution is 2.39. The molecule has 0 fully saturated rings. The number of para-hydroxylation sites is 1. The first-order valence-corrected chi connectivity index (χ1v) is 20.2. The molecule has 0 unspecified atom stereocenters. The second kappa shape index (κ2) is 13.8. The van der Waals surface area contributed by atoms with Gasteiger partial charge in [-0.3, -0.25) is 0 Å². The number of fused-ring (bicyclic) bond motifs is 6. The molecule has 11 rings (SSSR count). The number of hydrogen-bond acceptors (Lipinski definition) is 2. The summed E-state index contributed by atoms with van der Waals surface area (Å²) in [5.74, 6) is 0.718. The fourth-order valence-electron chi connectivity index (χ4n) is 8.91. The molecule has 0 bridgehead atoms. The van der Waals surface area contributed by atoms with Crippen LogP contribution >= 0.6 is 0 Å². The maximum Gasteiger partial charge on any atom is 0.160 e. The van der Waals surface area contributed by atoms with Gasteiger partial charge < -0.3 is 9.13 Å². The molecule has 3 aromatic heterocycles. The number of rotatable bonds is 6. The van der Waals surface area contributed by atoms with E-state index in [4.69, 9.17) is 9.97 Å². The maximum absolute atomic E-state index is 5.05. The van der Waals surface area contributed by atoms with Gasteiger partial charge in [-0.05, 0) is 104 Å². The Hall–Kier alpha value is -7.56. The fraction of sp³-hybridized carbons (Fsp3) is 0.0545. The Labute approximate surface area is 343 Å². The third-order valence-electron chi connectivity index (χ3n) is 11.8. The summed E-state index contributed by atoms with van der Waals surface area (Å²) in [6.45, 7) is 6.56. The monoisotopic (exact) mass is 756 g/mol. The molecule has 11 aromatic rings. The van der Waals surface area contributed by atoms with E-state index in [1.165, 1.54) is 71.4 Å². The lowest BCUT2D eigenvalue weighted by atomic mass is 9.98. The number of aryl methyl sites for hydroxylation is 3. The molecule has 4 heteroatoms. The van der Waals surface area contributed by atoms with Crippen LogP contribution in [0.15, 0.2) is 188 Å². The van der Waals surface area contributed by atoms with Gasteiger partial charge in [0.1, 0.15) is 0 Å². The molecule has 0 saturated heterocycles. The van der Waals surface area contributed by atoms with Crippen molar-refractivity contribution in [3.8, 4) is 56.4 Å². The first-order chi connectivity index (χ1) is 29.0. The Morgan fingerprint density at radius 3 is 1.44 bits per heavy atom. The minimum absolute atomic E-state index is 0.718. The Kier molecular flexibility index (Phi) is 8.12. The lowest BCUT2D eigenvalue weighted by Crippen LogP contribution is -1.97. The van der Waals surface area contributed by atoms with Gasteiger partial charge in [0.25, 0.3) is 0 Å². The molecule has 280 valence electrons. The smallest absolute Gasteiger partial charge is 0.160 e. The number of hydrogen-bond donors (Lipinski definition) is 0. The first-order valence-electron chi connectivity index (χ1n) is 20.2. The summed E-state index contributed by atoms with van der Waals surface area (Å²) >= 11 is 0. The zero-order valence-corrected chi connectivity index (χ0v) is 33.2. The third kappa shape index (κ3) is 5.92. The van der Waals surface area contributed by atoms with E-state index in [0.717, 1.165) is 45.3 Å². The van der Waals surface area contributed by atoms with Crippen molar-refractivity contribution in [3.05, 3.63) is 205 Å². The summed E-state index contributed by atoms with van der Waals surface area (Å²) in [6.07, 6.45) is 0. The van der Waals surface area contributed by atoms with Gasteiger partial charge in [-0.1, -0.05) is 132 Å². The van der Waals surface area contributed by atoms with Crippen molar-refractivity contribution in [2.75, 3.05) is 0 Å². The lowest BCUT2D eigenvalue weighted by Gasteiger charge is -2.14.